The number of methoxy groups -OCH3 is 1. The van der Waals surface area contributed by atoms with E-state index < -0.39 is 0 Å². The van der Waals surface area contributed by atoms with E-state index in [2.05, 4.69) is 11.8 Å². The Balaban J connectivity index is 2.44. The Labute approximate surface area is 117 Å². The minimum atomic E-state index is -0.170. The van der Waals surface area contributed by atoms with E-state index in [0.29, 0.717) is 19.1 Å². The first kappa shape index (κ1) is 16.9. The number of ether oxygens (including phenoxy) is 1. The summed E-state index contributed by atoms with van der Waals surface area (Å²) in [6.07, 6.45) is 5.58. The molecule has 1 rings (SSSR count). The summed E-state index contributed by atoms with van der Waals surface area (Å²) in [5.41, 5.74) is 0. The highest BCUT2D eigenvalue weighted by Gasteiger charge is 2.29. The van der Waals surface area contributed by atoms with E-state index >= 15 is 0 Å². The van der Waals surface area contributed by atoms with Gasteiger partial charge in [0.15, 0.2) is 0 Å². The molecule has 1 saturated carbocycles. The van der Waals surface area contributed by atoms with Crippen LogP contribution in [0, 0.1) is 11.8 Å². The SMILES string of the molecule is CCCC1CCC(O)C(CN(CCO)CCOC)C1. The molecule has 1 aliphatic rings. The normalized spacial score (nSPS) is 27.9. The number of nitrogens with zero attached hydrogens (tertiary/aromatic N) is 1. The van der Waals surface area contributed by atoms with Gasteiger partial charge in [-0.15, -0.1) is 0 Å². The zero-order valence-corrected chi connectivity index (χ0v) is 12.6. The molecule has 0 spiro atoms. The largest absolute Gasteiger partial charge is 0.395 e. The van der Waals surface area contributed by atoms with Crippen molar-refractivity contribution in [2.24, 2.45) is 11.8 Å². The average Bonchev–Trinajstić information content (AvgIpc) is 2.40. The summed E-state index contributed by atoms with van der Waals surface area (Å²) in [6.45, 7) is 5.47. The molecule has 0 amide bonds. The zero-order valence-electron chi connectivity index (χ0n) is 12.6. The molecule has 0 aliphatic heterocycles. The van der Waals surface area contributed by atoms with Crippen LogP contribution < -0.4 is 0 Å². The van der Waals surface area contributed by atoms with Crippen LogP contribution in [0.2, 0.25) is 0 Å². The van der Waals surface area contributed by atoms with E-state index in [4.69, 9.17) is 9.84 Å². The summed E-state index contributed by atoms with van der Waals surface area (Å²) in [6, 6.07) is 0. The molecule has 0 saturated heterocycles. The number of aliphatic hydroxyl groups excluding tert-OH is 2. The van der Waals surface area contributed by atoms with Gasteiger partial charge in [0.1, 0.15) is 0 Å². The van der Waals surface area contributed by atoms with Crippen LogP contribution in [0.5, 0.6) is 0 Å². The van der Waals surface area contributed by atoms with Gasteiger partial charge in [-0.2, -0.15) is 0 Å². The van der Waals surface area contributed by atoms with Crippen LogP contribution in [-0.2, 0) is 4.74 Å². The van der Waals surface area contributed by atoms with Gasteiger partial charge in [-0.1, -0.05) is 19.8 Å². The number of hydrogen-bond donors (Lipinski definition) is 2. The smallest absolute Gasteiger partial charge is 0.0589 e. The summed E-state index contributed by atoms with van der Waals surface area (Å²) >= 11 is 0. The Bertz CT molecular complexity index is 225. The Kier molecular flexibility index (Phi) is 8.62. The Morgan fingerprint density at radius 1 is 1.26 bits per heavy atom. The summed E-state index contributed by atoms with van der Waals surface area (Å²) in [5.74, 6) is 1.13. The number of hydrogen-bond acceptors (Lipinski definition) is 4. The molecular formula is C15H31NO3. The fourth-order valence-electron chi connectivity index (χ4n) is 3.20. The maximum Gasteiger partial charge on any atom is 0.0589 e. The molecule has 2 N–H and O–H groups in total. The second-order valence-corrected chi connectivity index (χ2v) is 5.81. The van der Waals surface area contributed by atoms with Crippen molar-refractivity contribution in [2.45, 2.75) is 45.1 Å². The van der Waals surface area contributed by atoms with Gasteiger partial charge in [0.25, 0.3) is 0 Å². The van der Waals surface area contributed by atoms with E-state index in [-0.39, 0.29) is 12.7 Å². The van der Waals surface area contributed by atoms with Gasteiger partial charge in [-0.05, 0) is 31.1 Å². The van der Waals surface area contributed by atoms with Crippen molar-refractivity contribution in [3.63, 3.8) is 0 Å². The summed E-state index contributed by atoms with van der Waals surface area (Å²) in [4.78, 5) is 2.21. The maximum absolute atomic E-state index is 10.2. The van der Waals surface area contributed by atoms with Gasteiger partial charge >= 0.3 is 0 Å². The first-order chi connectivity index (χ1) is 9.21. The molecule has 3 atom stereocenters. The van der Waals surface area contributed by atoms with E-state index in [1.807, 2.05) is 0 Å². The molecule has 3 unspecified atom stereocenters. The lowest BCUT2D eigenvalue weighted by molar-refractivity contribution is 0.0180. The third kappa shape index (κ3) is 6.21. The molecule has 0 aromatic rings. The van der Waals surface area contributed by atoms with Crippen molar-refractivity contribution in [1.82, 2.24) is 4.90 Å². The van der Waals surface area contributed by atoms with Gasteiger partial charge < -0.3 is 14.9 Å². The highest BCUT2D eigenvalue weighted by atomic mass is 16.5. The monoisotopic (exact) mass is 273 g/mol. The Morgan fingerprint density at radius 3 is 2.68 bits per heavy atom. The second-order valence-electron chi connectivity index (χ2n) is 5.81. The van der Waals surface area contributed by atoms with Crippen molar-refractivity contribution >= 4 is 0 Å². The van der Waals surface area contributed by atoms with Crippen molar-refractivity contribution in [1.29, 1.82) is 0 Å². The maximum atomic E-state index is 10.2. The van der Waals surface area contributed by atoms with Crippen LogP contribution in [0.4, 0.5) is 0 Å². The van der Waals surface area contributed by atoms with Crippen molar-refractivity contribution in [3.05, 3.63) is 0 Å². The van der Waals surface area contributed by atoms with Crippen LogP contribution >= 0.6 is 0 Å². The van der Waals surface area contributed by atoms with Crippen LogP contribution in [0.1, 0.15) is 39.0 Å². The van der Waals surface area contributed by atoms with Gasteiger partial charge in [0.2, 0.25) is 0 Å². The predicted octanol–water partition coefficient (Wildman–Crippen LogP) is 1.50. The lowest BCUT2D eigenvalue weighted by Crippen LogP contribution is -2.41. The van der Waals surface area contributed by atoms with Gasteiger partial charge in [-0.3, -0.25) is 4.90 Å². The summed E-state index contributed by atoms with van der Waals surface area (Å²) < 4.78 is 5.11. The third-order valence-corrected chi connectivity index (χ3v) is 4.27. The van der Waals surface area contributed by atoms with Crippen molar-refractivity contribution < 1.29 is 14.9 Å². The van der Waals surface area contributed by atoms with Crippen LogP contribution in [-0.4, -0.2) is 61.2 Å². The fraction of sp³-hybridized carbons (Fsp3) is 1.00. The molecule has 1 fully saturated rings. The molecule has 0 aromatic carbocycles. The van der Waals surface area contributed by atoms with E-state index in [0.717, 1.165) is 31.8 Å². The first-order valence-corrected chi connectivity index (χ1v) is 7.71. The Hall–Kier alpha value is -0.160. The predicted molar refractivity (Wildman–Crippen MR) is 77.1 cm³/mol. The van der Waals surface area contributed by atoms with E-state index in [1.165, 1.54) is 19.3 Å². The molecule has 114 valence electrons. The van der Waals surface area contributed by atoms with Gasteiger partial charge in [0.05, 0.1) is 19.3 Å². The lowest BCUT2D eigenvalue weighted by Gasteiger charge is -2.36. The topological polar surface area (TPSA) is 52.9 Å². The average molecular weight is 273 g/mol. The molecule has 0 aromatic heterocycles. The van der Waals surface area contributed by atoms with Crippen LogP contribution in [0.25, 0.3) is 0 Å². The summed E-state index contributed by atoms with van der Waals surface area (Å²) in [7, 11) is 1.70. The highest BCUT2D eigenvalue weighted by molar-refractivity contribution is 4.82. The standard InChI is InChI=1S/C15H31NO3/c1-3-4-13-5-6-15(18)14(11-13)12-16(7-9-17)8-10-19-2/h13-15,17-18H,3-12H2,1-2H3. The minimum Gasteiger partial charge on any atom is -0.395 e. The molecular weight excluding hydrogens is 242 g/mol. The van der Waals surface area contributed by atoms with Crippen molar-refractivity contribution in [2.75, 3.05) is 40.0 Å². The van der Waals surface area contributed by atoms with E-state index in [1.54, 1.807) is 7.11 Å². The third-order valence-electron chi connectivity index (χ3n) is 4.27. The lowest BCUT2D eigenvalue weighted by atomic mass is 9.77. The molecule has 19 heavy (non-hydrogen) atoms. The van der Waals surface area contributed by atoms with Gasteiger partial charge in [-0.25, -0.2) is 0 Å². The van der Waals surface area contributed by atoms with E-state index in [9.17, 15) is 5.11 Å². The molecule has 0 heterocycles. The number of rotatable bonds is 9. The minimum absolute atomic E-state index is 0.170. The Morgan fingerprint density at radius 2 is 2.05 bits per heavy atom. The van der Waals surface area contributed by atoms with Crippen LogP contribution in [0.15, 0.2) is 0 Å². The first-order valence-electron chi connectivity index (χ1n) is 7.71. The van der Waals surface area contributed by atoms with Gasteiger partial charge in [0, 0.05) is 26.7 Å². The zero-order chi connectivity index (χ0) is 14.1. The van der Waals surface area contributed by atoms with Crippen LogP contribution in [0.3, 0.4) is 0 Å². The number of aliphatic hydroxyl groups is 2. The molecule has 4 nitrogen and oxygen atoms in total. The highest BCUT2D eigenvalue weighted by Crippen LogP contribution is 2.32. The molecule has 0 radical (unpaired) electrons. The fourth-order valence-corrected chi connectivity index (χ4v) is 3.20. The van der Waals surface area contributed by atoms with Crippen molar-refractivity contribution in [3.8, 4) is 0 Å². The summed E-state index contributed by atoms with van der Waals surface area (Å²) in [5, 5.41) is 19.3. The second kappa shape index (κ2) is 9.70. The molecule has 4 heteroatoms. The quantitative estimate of drug-likeness (QED) is 0.668. The molecule has 1 aliphatic carbocycles. The molecule has 0 bridgehead atoms.